The maximum atomic E-state index is 13.6. The maximum Gasteiger partial charge on any atom is 0.329 e. The van der Waals surface area contributed by atoms with Crippen molar-refractivity contribution in [1.82, 2.24) is 5.48 Å². The van der Waals surface area contributed by atoms with Gasteiger partial charge in [0.05, 0.1) is 17.3 Å². The van der Waals surface area contributed by atoms with Crippen molar-refractivity contribution in [3.8, 4) is 0 Å². The number of hydrogen-bond donors (Lipinski definition) is 2. The molecule has 8 heteroatoms. The molecule has 0 aliphatic heterocycles. The molecule has 4 saturated carbocycles. The monoisotopic (exact) mass is 591 g/mol. The number of esters is 1. The lowest BCUT2D eigenvalue weighted by atomic mass is 9.44. The number of thioether (sulfide) groups is 1. The van der Waals surface area contributed by atoms with Crippen molar-refractivity contribution in [1.29, 1.82) is 0 Å². The number of ether oxygens (including phenoxy) is 1. The van der Waals surface area contributed by atoms with Gasteiger partial charge in [0.25, 0.3) is 0 Å². The van der Waals surface area contributed by atoms with E-state index in [9.17, 15) is 19.5 Å². The molecule has 0 heterocycles. The Morgan fingerprint density at radius 2 is 1.88 bits per heavy atom. The second-order valence-electron chi connectivity index (χ2n) is 15.1. The SMILES string of the molecule is C=C[C@]1(C)C[C@@H](OC(=O)CSC2CCCC(NOC(=O)C(C)(C)C)C2)[C@]2(C)[C@@H]3C(=O)CCC3(CC[C@@H]2C)[C@@H](C)C1O. The van der Waals surface area contributed by atoms with Crippen LogP contribution in [0.4, 0.5) is 0 Å². The topological polar surface area (TPSA) is 102 Å². The van der Waals surface area contributed by atoms with E-state index in [1.807, 2.05) is 33.8 Å². The lowest BCUT2D eigenvalue weighted by Gasteiger charge is -2.61. The summed E-state index contributed by atoms with van der Waals surface area (Å²) in [5.74, 6) is -0.0988. The first kappa shape index (κ1) is 32.5. The van der Waals surface area contributed by atoms with Gasteiger partial charge >= 0.3 is 11.9 Å². The Kier molecular flexibility index (Phi) is 9.48. The number of rotatable bonds is 7. The maximum absolute atomic E-state index is 13.6. The van der Waals surface area contributed by atoms with Crippen LogP contribution in [0.5, 0.6) is 0 Å². The summed E-state index contributed by atoms with van der Waals surface area (Å²) in [7, 11) is 0. The van der Waals surface area contributed by atoms with Crippen molar-refractivity contribution in [2.45, 2.75) is 130 Å². The van der Waals surface area contributed by atoms with Crippen LogP contribution in [0, 0.1) is 39.4 Å². The number of carbonyl (C=O) groups excluding carboxylic acids is 3. The zero-order chi connectivity index (χ0) is 30.4. The Morgan fingerprint density at radius 3 is 2.54 bits per heavy atom. The summed E-state index contributed by atoms with van der Waals surface area (Å²) >= 11 is 1.60. The highest BCUT2D eigenvalue weighted by Crippen LogP contribution is 2.68. The Bertz CT molecular complexity index is 1030. The predicted molar refractivity (Wildman–Crippen MR) is 162 cm³/mol. The average Bonchev–Trinajstić information content (AvgIpc) is 3.28. The van der Waals surface area contributed by atoms with Crippen LogP contribution < -0.4 is 5.48 Å². The van der Waals surface area contributed by atoms with Crippen molar-refractivity contribution in [2.75, 3.05) is 5.75 Å². The van der Waals surface area contributed by atoms with E-state index in [1.54, 1.807) is 11.8 Å². The highest BCUT2D eigenvalue weighted by molar-refractivity contribution is 8.00. The summed E-state index contributed by atoms with van der Waals surface area (Å²) in [6.45, 7) is 18.1. The van der Waals surface area contributed by atoms with Crippen LogP contribution in [0.3, 0.4) is 0 Å². The van der Waals surface area contributed by atoms with Gasteiger partial charge in [0.15, 0.2) is 0 Å². The fourth-order valence-electron chi connectivity index (χ4n) is 8.57. The summed E-state index contributed by atoms with van der Waals surface area (Å²) in [4.78, 5) is 44.6. The molecule has 7 nitrogen and oxygen atoms in total. The molecule has 2 bridgehead atoms. The van der Waals surface area contributed by atoms with Gasteiger partial charge in [-0.3, -0.25) is 9.59 Å². The van der Waals surface area contributed by atoms with E-state index in [2.05, 4.69) is 32.8 Å². The number of hydrogen-bond acceptors (Lipinski definition) is 8. The molecule has 232 valence electrons. The molecule has 4 aliphatic carbocycles. The van der Waals surface area contributed by atoms with Gasteiger partial charge < -0.3 is 14.7 Å². The molecule has 41 heavy (non-hydrogen) atoms. The van der Waals surface area contributed by atoms with Gasteiger partial charge in [-0.2, -0.15) is 0 Å². The first-order valence-corrected chi connectivity index (χ1v) is 16.8. The smallest absolute Gasteiger partial charge is 0.329 e. The Balaban J connectivity index is 1.47. The summed E-state index contributed by atoms with van der Waals surface area (Å²) < 4.78 is 6.40. The summed E-state index contributed by atoms with van der Waals surface area (Å²) in [6.07, 6.45) is 8.08. The number of carbonyl (C=O) groups is 3. The molecule has 10 atom stereocenters. The molecule has 4 aliphatic rings. The third-order valence-corrected chi connectivity index (χ3v) is 12.9. The van der Waals surface area contributed by atoms with Crippen molar-refractivity contribution in [3.63, 3.8) is 0 Å². The highest BCUT2D eigenvalue weighted by Gasteiger charge is 2.68. The van der Waals surface area contributed by atoms with Gasteiger partial charge in [-0.15, -0.1) is 23.8 Å². The van der Waals surface area contributed by atoms with Crippen molar-refractivity contribution >= 4 is 29.5 Å². The number of aliphatic hydroxyl groups is 1. The van der Waals surface area contributed by atoms with E-state index >= 15 is 0 Å². The standard InChI is InChI=1S/C33H53NO6S/c1-9-31(7)18-25(32(8)20(2)13-15-33(21(3)28(31)37)16-14-24(35)27(32)33)39-26(36)19-41-23-12-10-11-22(17-23)34-40-29(38)30(4,5)6/h9,20-23,25,27-28,34,37H,1,10-19H2,2-8H3/t20-,21-,22?,23?,25+,27-,28?,31+,32+,33?/m0/s1. The largest absolute Gasteiger partial charge is 0.461 e. The summed E-state index contributed by atoms with van der Waals surface area (Å²) in [5, 5.41) is 12.0. The molecule has 2 N–H and O–H groups in total. The Morgan fingerprint density at radius 1 is 1.17 bits per heavy atom. The van der Waals surface area contributed by atoms with Gasteiger partial charge in [-0.05, 0) is 83.0 Å². The van der Waals surface area contributed by atoms with E-state index in [4.69, 9.17) is 9.57 Å². The zero-order valence-corrected chi connectivity index (χ0v) is 27.1. The van der Waals surface area contributed by atoms with Crippen molar-refractivity contribution in [2.24, 2.45) is 39.4 Å². The van der Waals surface area contributed by atoms with E-state index < -0.39 is 28.5 Å². The Labute approximate surface area is 251 Å². The molecule has 0 aromatic rings. The second-order valence-corrected chi connectivity index (χ2v) is 16.4. The van der Waals surface area contributed by atoms with Crippen molar-refractivity contribution < 1.29 is 29.1 Å². The first-order chi connectivity index (χ1) is 19.1. The zero-order valence-electron chi connectivity index (χ0n) is 26.3. The van der Waals surface area contributed by atoms with Crippen molar-refractivity contribution in [3.05, 3.63) is 12.7 Å². The molecular weight excluding hydrogens is 538 g/mol. The molecule has 0 saturated heterocycles. The van der Waals surface area contributed by atoms with E-state index in [0.29, 0.717) is 12.8 Å². The average molecular weight is 592 g/mol. The van der Waals surface area contributed by atoms with Crippen LogP contribution in [0.15, 0.2) is 12.7 Å². The molecule has 0 radical (unpaired) electrons. The minimum Gasteiger partial charge on any atom is -0.461 e. The third kappa shape index (κ3) is 6.04. The third-order valence-electron chi connectivity index (χ3n) is 11.6. The van der Waals surface area contributed by atoms with Gasteiger partial charge in [0.1, 0.15) is 11.9 Å². The molecule has 0 spiro atoms. The van der Waals surface area contributed by atoms with Gasteiger partial charge in [-0.1, -0.05) is 40.2 Å². The predicted octanol–water partition coefficient (Wildman–Crippen LogP) is 6.03. The number of Topliss-reactive ketones (excluding diaryl/α,β-unsaturated/α-hetero) is 1. The van der Waals surface area contributed by atoms with Crippen LogP contribution >= 0.6 is 11.8 Å². The number of aliphatic hydroxyl groups excluding tert-OH is 1. The van der Waals surface area contributed by atoms with Crippen LogP contribution in [0.2, 0.25) is 0 Å². The minimum atomic E-state index is -0.666. The van der Waals surface area contributed by atoms with Crippen LogP contribution in [-0.2, 0) is 24.0 Å². The summed E-state index contributed by atoms with van der Waals surface area (Å²) in [5.41, 5.74) is 0.987. The quantitative estimate of drug-likeness (QED) is 0.210. The molecular formula is C33H53NO6S. The molecule has 0 amide bonds. The lowest BCUT2D eigenvalue weighted by Crippen LogP contribution is -2.63. The van der Waals surface area contributed by atoms with E-state index in [-0.39, 0.29) is 57.9 Å². The first-order valence-electron chi connectivity index (χ1n) is 15.7. The normalized spacial score (nSPS) is 42.9. The number of nitrogens with one attached hydrogen (secondary N) is 1. The minimum absolute atomic E-state index is 0.0449. The fourth-order valence-corrected chi connectivity index (χ4v) is 9.71. The van der Waals surface area contributed by atoms with Crippen LogP contribution in [-0.4, -0.2) is 52.1 Å². The molecule has 0 aromatic carbocycles. The van der Waals surface area contributed by atoms with E-state index in [1.165, 1.54) is 0 Å². The number of hydroxylamine groups is 1. The van der Waals surface area contributed by atoms with Gasteiger partial charge in [-0.25, -0.2) is 4.79 Å². The molecule has 4 rings (SSSR count). The fraction of sp³-hybridized carbons (Fsp3) is 0.848. The van der Waals surface area contributed by atoms with Gasteiger partial charge in [0, 0.05) is 34.5 Å². The second kappa shape index (κ2) is 12.0. The highest BCUT2D eigenvalue weighted by atomic mass is 32.2. The van der Waals surface area contributed by atoms with Crippen LogP contribution in [0.25, 0.3) is 0 Å². The molecule has 4 unspecified atom stereocenters. The summed E-state index contributed by atoms with van der Waals surface area (Å²) in [6, 6.07) is 0.0643. The lowest BCUT2D eigenvalue weighted by molar-refractivity contribution is -0.205. The molecule has 4 fully saturated rings. The number of ketones is 1. The van der Waals surface area contributed by atoms with Crippen LogP contribution in [0.1, 0.15) is 106 Å². The molecule has 0 aromatic heterocycles. The van der Waals surface area contributed by atoms with Gasteiger partial charge in [0.2, 0.25) is 0 Å². The Hall–Kier alpha value is -1.38. The van der Waals surface area contributed by atoms with E-state index in [0.717, 1.165) is 44.9 Å².